The minimum atomic E-state index is -0.376. The van der Waals surface area contributed by atoms with Crippen molar-refractivity contribution in [2.24, 2.45) is 5.10 Å². The van der Waals surface area contributed by atoms with Crippen LogP contribution in [0.3, 0.4) is 0 Å². The van der Waals surface area contributed by atoms with Gasteiger partial charge in [0.1, 0.15) is 6.34 Å². The van der Waals surface area contributed by atoms with E-state index in [1.165, 1.54) is 6.34 Å². The molecule has 16 heavy (non-hydrogen) atoms. The van der Waals surface area contributed by atoms with Crippen LogP contribution >= 0.6 is 0 Å². The van der Waals surface area contributed by atoms with Crippen LogP contribution in [0.25, 0.3) is 0 Å². The van der Waals surface area contributed by atoms with Crippen LogP contribution in [0, 0.1) is 0 Å². The topological polar surface area (TPSA) is 53.0 Å². The Morgan fingerprint density at radius 3 is 2.06 bits per heavy atom. The van der Waals surface area contributed by atoms with E-state index in [4.69, 9.17) is 0 Å². The predicted molar refractivity (Wildman–Crippen MR) is 59.1 cm³/mol. The fraction of sp³-hybridized carbons (Fsp3) is 0.182. The molecule has 82 valence electrons. The highest BCUT2D eigenvalue weighted by atomic mass is 16.2. The number of carbonyl (C=O) groups is 2. The van der Waals surface area contributed by atoms with Gasteiger partial charge in [0.15, 0.2) is 0 Å². The third-order valence-electron chi connectivity index (χ3n) is 2.17. The van der Waals surface area contributed by atoms with Crippen LogP contribution in [0.4, 0.5) is 0 Å². The van der Waals surface area contributed by atoms with E-state index in [-0.39, 0.29) is 11.8 Å². The molecule has 0 unspecified atom stereocenters. The lowest BCUT2D eigenvalue weighted by Crippen LogP contribution is -2.25. The Hall–Kier alpha value is -2.17. The Balaban J connectivity index is 2.35. The first-order chi connectivity index (χ1) is 7.61. The van der Waals surface area contributed by atoms with Crippen molar-refractivity contribution in [3.8, 4) is 0 Å². The fourth-order valence-corrected chi connectivity index (χ4v) is 1.44. The monoisotopic (exact) mass is 217 g/mol. The molecular weight excluding hydrogens is 206 g/mol. The molecule has 1 heterocycles. The molecule has 0 atom stereocenters. The summed E-state index contributed by atoms with van der Waals surface area (Å²) in [4.78, 5) is 25.2. The minimum absolute atomic E-state index is 0.376. The molecule has 2 amide bonds. The molecule has 5 nitrogen and oxygen atoms in total. The number of rotatable bonds is 2. The zero-order valence-electron chi connectivity index (χ0n) is 9.04. The molecule has 1 aromatic carbocycles. The van der Waals surface area contributed by atoms with Crippen molar-refractivity contribution in [2.45, 2.75) is 0 Å². The summed E-state index contributed by atoms with van der Waals surface area (Å²) in [6.45, 7) is 0. The molecule has 0 saturated heterocycles. The van der Waals surface area contributed by atoms with Gasteiger partial charge >= 0.3 is 0 Å². The van der Waals surface area contributed by atoms with Crippen molar-refractivity contribution in [1.29, 1.82) is 0 Å². The summed E-state index contributed by atoms with van der Waals surface area (Å²) in [6, 6.07) is 6.70. The second kappa shape index (κ2) is 3.77. The number of imide groups is 1. The molecule has 2 rings (SSSR count). The Bertz CT molecular complexity index is 445. The average molecular weight is 217 g/mol. The minimum Gasteiger partial charge on any atom is -0.367 e. The number of hydrazone groups is 1. The van der Waals surface area contributed by atoms with Gasteiger partial charge in [0.05, 0.1) is 11.1 Å². The number of hydrogen-bond acceptors (Lipinski definition) is 3. The van der Waals surface area contributed by atoms with Gasteiger partial charge in [-0.1, -0.05) is 12.1 Å². The summed E-state index contributed by atoms with van der Waals surface area (Å²) in [5.41, 5.74) is 0.812. The summed E-state index contributed by atoms with van der Waals surface area (Å²) in [5, 5.41) is 4.71. The summed E-state index contributed by atoms with van der Waals surface area (Å²) in [5.74, 6) is -0.752. The maximum Gasteiger partial charge on any atom is 0.282 e. The van der Waals surface area contributed by atoms with Crippen molar-refractivity contribution < 1.29 is 9.59 Å². The highest BCUT2D eigenvalue weighted by Crippen LogP contribution is 2.22. The maximum atomic E-state index is 11.8. The van der Waals surface area contributed by atoms with Gasteiger partial charge in [-0.25, -0.2) is 0 Å². The van der Waals surface area contributed by atoms with Gasteiger partial charge in [0, 0.05) is 14.1 Å². The lowest BCUT2D eigenvalue weighted by atomic mass is 10.1. The largest absolute Gasteiger partial charge is 0.367 e. The van der Waals surface area contributed by atoms with Crippen LogP contribution in [0.5, 0.6) is 0 Å². The van der Waals surface area contributed by atoms with Gasteiger partial charge in [-0.15, -0.1) is 0 Å². The van der Waals surface area contributed by atoms with Gasteiger partial charge in [-0.3, -0.25) is 9.59 Å². The van der Waals surface area contributed by atoms with E-state index >= 15 is 0 Å². The summed E-state index contributed by atoms with van der Waals surface area (Å²) in [6.07, 6.45) is 1.42. The van der Waals surface area contributed by atoms with Crippen molar-refractivity contribution in [3.05, 3.63) is 35.4 Å². The lowest BCUT2D eigenvalue weighted by Gasteiger charge is -2.08. The zero-order valence-corrected chi connectivity index (χ0v) is 9.04. The van der Waals surface area contributed by atoms with E-state index in [1.54, 1.807) is 43.3 Å². The normalized spacial score (nSPS) is 14.8. The maximum absolute atomic E-state index is 11.8. The molecular formula is C11H11N3O2. The number of nitrogens with zero attached hydrogens (tertiary/aromatic N) is 3. The van der Waals surface area contributed by atoms with Crippen LogP contribution in [-0.2, 0) is 0 Å². The Labute approximate surface area is 93.0 Å². The molecule has 1 aliphatic rings. The van der Waals surface area contributed by atoms with Gasteiger partial charge in [0.25, 0.3) is 11.8 Å². The fourth-order valence-electron chi connectivity index (χ4n) is 1.44. The third-order valence-corrected chi connectivity index (χ3v) is 2.17. The highest BCUT2D eigenvalue weighted by Gasteiger charge is 2.35. The van der Waals surface area contributed by atoms with E-state index in [1.807, 2.05) is 0 Å². The van der Waals surface area contributed by atoms with Crippen LogP contribution in [0.2, 0.25) is 0 Å². The van der Waals surface area contributed by atoms with Gasteiger partial charge in [-0.2, -0.15) is 10.1 Å². The number of benzene rings is 1. The van der Waals surface area contributed by atoms with Crippen LogP contribution in [-0.4, -0.2) is 42.2 Å². The summed E-state index contributed by atoms with van der Waals surface area (Å²) in [7, 11) is 3.53. The van der Waals surface area contributed by atoms with Crippen molar-refractivity contribution in [2.75, 3.05) is 14.1 Å². The second-order valence-electron chi connectivity index (χ2n) is 3.66. The van der Waals surface area contributed by atoms with Crippen molar-refractivity contribution >= 4 is 18.2 Å². The van der Waals surface area contributed by atoms with E-state index < -0.39 is 0 Å². The average Bonchev–Trinajstić information content (AvgIpc) is 2.50. The SMILES string of the molecule is CN(C)/C=N/N1C(=O)c2ccccc2C1=O. The van der Waals surface area contributed by atoms with E-state index in [2.05, 4.69) is 5.10 Å². The molecule has 0 spiro atoms. The Morgan fingerprint density at radius 1 is 1.12 bits per heavy atom. The first-order valence-corrected chi connectivity index (χ1v) is 4.79. The van der Waals surface area contributed by atoms with E-state index in [9.17, 15) is 9.59 Å². The number of hydrogen-bond donors (Lipinski definition) is 0. The quantitative estimate of drug-likeness (QED) is 0.418. The van der Waals surface area contributed by atoms with Crippen LogP contribution < -0.4 is 0 Å². The first kappa shape index (κ1) is 10.4. The highest BCUT2D eigenvalue weighted by molar-refractivity contribution is 6.21. The van der Waals surface area contributed by atoms with E-state index in [0.717, 1.165) is 5.01 Å². The van der Waals surface area contributed by atoms with Crippen molar-refractivity contribution in [1.82, 2.24) is 9.91 Å². The molecule has 1 aromatic rings. The summed E-state index contributed by atoms with van der Waals surface area (Å²) >= 11 is 0. The zero-order chi connectivity index (χ0) is 11.7. The molecule has 0 bridgehead atoms. The molecule has 0 aromatic heterocycles. The molecule has 0 saturated carbocycles. The number of carbonyl (C=O) groups excluding carboxylic acids is 2. The van der Waals surface area contributed by atoms with Gasteiger partial charge in [0.2, 0.25) is 0 Å². The Morgan fingerprint density at radius 2 is 1.62 bits per heavy atom. The number of fused-ring (bicyclic) bond motifs is 1. The standard InChI is InChI=1S/C11H11N3O2/c1-13(2)7-12-14-10(15)8-5-3-4-6-9(8)11(14)16/h3-7H,1-2H3/b12-7+. The lowest BCUT2D eigenvalue weighted by molar-refractivity contribution is 0.0658. The predicted octanol–water partition coefficient (Wildman–Crippen LogP) is 0.788. The van der Waals surface area contributed by atoms with Crippen LogP contribution in [0.1, 0.15) is 20.7 Å². The van der Waals surface area contributed by atoms with Crippen molar-refractivity contribution in [3.63, 3.8) is 0 Å². The molecule has 0 fully saturated rings. The smallest absolute Gasteiger partial charge is 0.282 e. The second-order valence-corrected chi connectivity index (χ2v) is 3.66. The van der Waals surface area contributed by atoms with Gasteiger partial charge in [-0.05, 0) is 12.1 Å². The number of amides is 2. The third kappa shape index (κ3) is 1.56. The molecule has 0 radical (unpaired) electrons. The van der Waals surface area contributed by atoms with Crippen LogP contribution in [0.15, 0.2) is 29.4 Å². The summed E-state index contributed by atoms with van der Waals surface area (Å²) < 4.78 is 0. The molecule has 5 heteroatoms. The molecule has 0 aliphatic carbocycles. The Kier molecular flexibility index (Phi) is 2.44. The van der Waals surface area contributed by atoms with Gasteiger partial charge < -0.3 is 4.90 Å². The molecule has 1 aliphatic heterocycles. The van der Waals surface area contributed by atoms with E-state index in [0.29, 0.717) is 11.1 Å². The molecule has 0 N–H and O–H groups in total. The first-order valence-electron chi connectivity index (χ1n) is 4.79.